The highest BCUT2D eigenvalue weighted by molar-refractivity contribution is 6.06. The predicted molar refractivity (Wildman–Crippen MR) is 111 cm³/mol. The number of aliphatic hydroxyl groups is 1. The van der Waals surface area contributed by atoms with E-state index >= 15 is 0 Å². The molecule has 0 spiro atoms. The Labute approximate surface area is 163 Å². The largest absolute Gasteiger partial charge is 0.396 e. The molecule has 0 aliphatic heterocycles. The van der Waals surface area contributed by atoms with E-state index in [1.807, 2.05) is 36.4 Å². The summed E-state index contributed by atoms with van der Waals surface area (Å²) in [6.07, 6.45) is 2.98. The van der Waals surface area contributed by atoms with Crippen LogP contribution in [0.4, 0.5) is 0 Å². The molecule has 0 fully saturated rings. The van der Waals surface area contributed by atoms with Crippen LogP contribution in [0.1, 0.15) is 25.7 Å². The number of aryl methyl sites for hydroxylation is 1. The van der Waals surface area contributed by atoms with Crippen LogP contribution in [0.15, 0.2) is 48.5 Å². The molecule has 2 heterocycles. The normalized spacial score (nSPS) is 11.5. The summed E-state index contributed by atoms with van der Waals surface area (Å²) in [5.74, 6) is 0.0312. The van der Waals surface area contributed by atoms with E-state index < -0.39 is 0 Å². The summed E-state index contributed by atoms with van der Waals surface area (Å²) < 4.78 is 2.09. The lowest BCUT2D eigenvalue weighted by atomic mass is 10.2. The Hall–Kier alpha value is -2.99. The third-order valence-electron chi connectivity index (χ3n) is 4.98. The second-order valence-corrected chi connectivity index (χ2v) is 6.94. The number of aliphatic hydroxyl groups excluding tert-OH is 1. The Morgan fingerprint density at radius 2 is 1.71 bits per heavy atom. The third-order valence-corrected chi connectivity index (χ3v) is 4.98. The number of aromatic nitrogens is 3. The van der Waals surface area contributed by atoms with E-state index in [0.717, 1.165) is 52.4 Å². The highest BCUT2D eigenvalue weighted by Gasteiger charge is 2.14. The lowest BCUT2D eigenvalue weighted by Crippen LogP contribution is -2.25. The average Bonchev–Trinajstić information content (AvgIpc) is 3.03. The number of nitrogens with zero attached hydrogens (tertiary/aromatic N) is 3. The smallest absolute Gasteiger partial charge is 0.221 e. The fraction of sp³-hybridized carbons (Fsp3) is 0.318. The number of rotatable bonds is 8. The van der Waals surface area contributed by atoms with E-state index in [4.69, 9.17) is 15.1 Å². The van der Waals surface area contributed by atoms with Crippen LogP contribution in [0, 0.1) is 0 Å². The zero-order valence-electron chi connectivity index (χ0n) is 15.8. The fourth-order valence-corrected chi connectivity index (χ4v) is 3.55. The summed E-state index contributed by atoms with van der Waals surface area (Å²) in [4.78, 5) is 21.9. The summed E-state index contributed by atoms with van der Waals surface area (Å²) in [6.45, 7) is 1.41. The molecule has 0 atom stereocenters. The minimum Gasteiger partial charge on any atom is -0.396 e. The van der Waals surface area contributed by atoms with Crippen LogP contribution >= 0.6 is 0 Å². The molecule has 0 saturated heterocycles. The summed E-state index contributed by atoms with van der Waals surface area (Å²) >= 11 is 0. The number of unbranched alkanes of at least 4 members (excludes halogenated alkanes) is 2. The molecule has 4 rings (SSSR count). The van der Waals surface area contributed by atoms with Crippen LogP contribution in [-0.2, 0) is 11.3 Å². The fourth-order valence-electron chi connectivity index (χ4n) is 3.55. The van der Waals surface area contributed by atoms with E-state index in [1.165, 1.54) is 0 Å². The molecule has 144 valence electrons. The van der Waals surface area contributed by atoms with E-state index in [9.17, 15) is 4.79 Å². The van der Waals surface area contributed by atoms with Crippen molar-refractivity contribution in [2.75, 3.05) is 13.2 Å². The summed E-state index contributed by atoms with van der Waals surface area (Å²) in [6, 6.07) is 16.0. The van der Waals surface area contributed by atoms with Gasteiger partial charge in [-0.1, -0.05) is 30.3 Å². The molecular weight excluding hydrogens is 352 g/mol. The number of benzene rings is 2. The van der Waals surface area contributed by atoms with E-state index in [2.05, 4.69) is 22.0 Å². The zero-order valence-corrected chi connectivity index (χ0v) is 15.8. The maximum absolute atomic E-state index is 12.2. The van der Waals surface area contributed by atoms with Crippen LogP contribution in [0.25, 0.3) is 33.1 Å². The maximum Gasteiger partial charge on any atom is 0.221 e. The van der Waals surface area contributed by atoms with Crippen molar-refractivity contribution >= 4 is 39.0 Å². The van der Waals surface area contributed by atoms with E-state index in [1.54, 1.807) is 0 Å². The average molecular weight is 376 g/mol. The quantitative estimate of drug-likeness (QED) is 0.462. The van der Waals surface area contributed by atoms with Gasteiger partial charge in [0.1, 0.15) is 5.52 Å². The lowest BCUT2D eigenvalue weighted by Gasteiger charge is -2.08. The second kappa shape index (κ2) is 8.35. The number of amides is 1. The van der Waals surface area contributed by atoms with Crippen molar-refractivity contribution in [2.45, 2.75) is 32.2 Å². The third kappa shape index (κ3) is 3.68. The molecule has 2 N–H and O–H groups in total. The Bertz CT molecular complexity index is 1120. The Morgan fingerprint density at radius 1 is 0.964 bits per heavy atom. The standard InChI is InChI=1S/C22H24N4O2/c27-15-7-1-6-13-23-20(28)12-14-26-19-11-5-2-8-16(19)21-22(26)25-18-10-4-3-9-17(18)24-21/h2-5,8-11,27H,1,6-7,12-15H2,(H,23,28). The van der Waals surface area contributed by atoms with Crippen molar-refractivity contribution in [2.24, 2.45) is 0 Å². The first-order valence-electron chi connectivity index (χ1n) is 9.79. The van der Waals surface area contributed by atoms with E-state index in [0.29, 0.717) is 19.5 Å². The molecule has 0 saturated carbocycles. The van der Waals surface area contributed by atoms with Gasteiger partial charge in [-0.3, -0.25) is 4.79 Å². The number of para-hydroxylation sites is 3. The molecule has 0 bridgehead atoms. The van der Waals surface area contributed by atoms with Crippen LogP contribution in [0.3, 0.4) is 0 Å². The van der Waals surface area contributed by atoms with Crippen molar-refractivity contribution in [3.8, 4) is 0 Å². The minimum atomic E-state index is 0.0312. The van der Waals surface area contributed by atoms with Crippen LogP contribution < -0.4 is 5.32 Å². The molecule has 0 aliphatic carbocycles. The highest BCUT2D eigenvalue weighted by Crippen LogP contribution is 2.28. The monoisotopic (exact) mass is 376 g/mol. The molecule has 2 aromatic heterocycles. The van der Waals surface area contributed by atoms with Gasteiger partial charge in [-0.15, -0.1) is 0 Å². The van der Waals surface area contributed by atoms with Gasteiger partial charge in [0.05, 0.1) is 16.6 Å². The van der Waals surface area contributed by atoms with Crippen molar-refractivity contribution < 1.29 is 9.90 Å². The molecule has 1 amide bonds. The molecule has 2 aromatic carbocycles. The van der Waals surface area contributed by atoms with Gasteiger partial charge < -0.3 is 15.0 Å². The van der Waals surface area contributed by atoms with Crippen LogP contribution in [-0.4, -0.2) is 38.7 Å². The van der Waals surface area contributed by atoms with Crippen molar-refractivity contribution in [3.05, 3.63) is 48.5 Å². The summed E-state index contributed by atoms with van der Waals surface area (Å²) in [5.41, 5.74) is 4.46. The molecule has 0 radical (unpaired) electrons. The van der Waals surface area contributed by atoms with Gasteiger partial charge >= 0.3 is 0 Å². The summed E-state index contributed by atoms with van der Waals surface area (Å²) in [5, 5.41) is 12.8. The SMILES string of the molecule is O=C(CCn1c2ccccc2c2nc3ccccc3nc21)NCCCCCO. The van der Waals surface area contributed by atoms with Crippen molar-refractivity contribution in [3.63, 3.8) is 0 Å². The Balaban J connectivity index is 1.59. The van der Waals surface area contributed by atoms with Crippen LogP contribution in [0.5, 0.6) is 0 Å². The number of nitrogens with one attached hydrogen (secondary N) is 1. The zero-order chi connectivity index (χ0) is 19.3. The number of hydrogen-bond donors (Lipinski definition) is 2. The molecule has 0 aliphatic rings. The highest BCUT2D eigenvalue weighted by atomic mass is 16.2. The first kappa shape index (κ1) is 18.4. The Kier molecular flexibility index (Phi) is 5.48. The van der Waals surface area contributed by atoms with Crippen molar-refractivity contribution in [1.29, 1.82) is 0 Å². The molecule has 6 heteroatoms. The van der Waals surface area contributed by atoms with Crippen molar-refractivity contribution in [1.82, 2.24) is 19.9 Å². The van der Waals surface area contributed by atoms with E-state index in [-0.39, 0.29) is 12.5 Å². The second-order valence-electron chi connectivity index (χ2n) is 6.94. The first-order valence-corrected chi connectivity index (χ1v) is 9.79. The van der Waals surface area contributed by atoms with Gasteiger partial charge in [0.2, 0.25) is 5.91 Å². The minimum absolute atomic E-state index is 0.0312. The van der Waals surface area contributed by atoms with Gasteiger partial charge in [-0.05, 0) is 37.5 Å². The number of carbonyl (C=O) groups is 1. The number of hydrogen-bond acceptors (Lipinski definition) is 4. The molecule has 28 heavy (non-hydrogen) atoms. The van der Waals surface area contributed by atoms with Crippen LogP contribution in [0.2, 0.25) is 0 Å². The lowest BCUT2D eigenvalue weighted by molar-refractivity contribution is -0.121. The van der Waals surface area contributed by atoms with Gasteiger partial charge in [0, 0.05) is 31.5 Å². The van der Waals surface area contributed by atoms with Gasteiger partial charge in [0.15, 0.2) is 5.65 Å². The van der Waals surface area contributed by atoms with Gasteiger partial charge in [-0.25, -0.2) is 9.97 Å². The Morgan fingerprint density at radius 3 is 2.54 bits per heavy atom. The first-order chi connectivity index (χ1) is 13.8. The molecule has 4 aromatic rings. The van der Waals surface area contributed by atoms with Gasteiger partial charge in [-0.2, -0.15) is 0 Å². The number of fused-ring (bicyclic) bond motifs is 4. The molecule has 6 nitrogen and oxygen atoms in total. The predicted octanol–water partition coefficient (Wildman–Crippen LogP) is 3.41. The maximum atomic E-state index is 12.2. The number of carbonyl (C=O) groups excluding carboxylic acids is 1. The summed E-state index contributed by atoms with van der Waals surface area (Å²) in [7, 11) is 0. The van der Waals surface area contributed by atoms with Gasteiger partial charge in [0.25, 0.3) is 0 Å². The molecule has 0 unspecified atom stereocenters. The molecular formula is C22H24N4O2. The topological polar surface area (TPSA) is 80.0 Å².